The molecular formula is C17H16N4O5S. The highest BCUT2D eigenvalue weighted by Crippen LogP contribution is 2.54. The number of urea groups is 1. The molecule has 0 fully saturated rings. The summed E-state index contributed by atoms with van der Waals surface area (Å²) in [5, 5.41) is 22.7. The van der Waals surface area contributed by atoms with Crippen molar-refractivity contribution in [3.63, 3.8) is 0 Å². The van der Waals surface area contributed by atoms with Crippen LogP contribution in [0.15, 0.2) is 34.1 Å². The number of nitrogens with two attached hydrogens (primary N) is 1. The number of carboxylic acids is 1. The van der Waals surface area contributed by atoms with Crippen LogP contribution >= 0.6 is 11.8 Å². The maximum absolute atomic E-state index is 12.7. The number of carboxylic acid groups (broad SMARTS) is 1. The molecule has 0 unspecified atom stereocenters. The molecule has 1 aliphatic rings. The molecule has 2 amide bonds. The van der Waals surface area contributed by atoms with Crippen molar-refractivity contribution in [3.8, 4) is 0 Å². The van der Waals surface area contributed by atoms with E-state index >= 15 is 0 Å². The number of nitro groups is 1. The van der Waals surface area contributed by atoms with Crippen LogP contribution in [0.2, 0.25) is 0 Å². The lowest BCUT2D eigenvalue weighted by Gasteiger charge is -2.32. The van der Waals surface area contributed by atoms with E-state index in [1.165, 1.54) is 16.7 Å². The lowest BCUT2D eigenvalue weighted by molar-refractivity contribution is -0.388. The van der Waals surface area contributed by atoms with Gasteiger partial charge in [-0.3, -0.25) is 19.8 Å². The minimum atomic E-state index is -1.21. The minimum absolute atomic E-state index is 0.0979. The fraction of sp³-hybridized carbons (Fsp3) is 0.176. The smallest absolute Gasteiger partial charge is 0.327 e. The van der Waals surface area contributed by atoms with Gasteiger partial charge in [0.1, 0.15) is 11.4 Å². The molecule has 9 nitrogen and oxygen atoms in total. The van der Waals surface area contributed by atoms with Gasteiger partial charge in [-0.05, 0) is 37.6 Å². The molecule has 10 heteroatoms. The molecule has 0 saturated carbocycles. The van der Waals surface area contributed by atoms with E-state index in [2.05, 4.69) is 5.32 Å². The number of benzene rings is 2. The molecule has 27 heavy (non-hydrogen) atoms. The summed E-state index contributed by atoms with van der Waals surface area (Å²) in [6, 6.07) is 5.87. The SMILES string of the molecule is Cc1cc(N)c2c(c1)Sc1c(ccc(C)c1[N+](=O)[O-])N2C(=O)NCC(=O)O. The van der Waals surface area contributed by atoms with Crippen molar-refractivity contribution in [2.75, 3.05) is 17.2 Å². The number of aryl methyl sites for hydroxylation is 2. The summed E-state index contributed by atoms with van der Waals surface area (Å²) in [6.07, 6.45) is 0. The zero-order chi connectivity index (χ0) is 19.9. The van der Waals surface area contributed by atoms with E-state index in [1.54, 1.807) is 31.2 Å². The van der Waals surface area contributed by atoms with Crippen LogP contribution in [0.3, 0.4) is 0 Å². The lowest BCUT2D eigenvalue weighted by Crippen LogP contribution is -2.41. The van der Waals surface area contributed by atoms with Gasteiger partial charge in [0, 0.05) is 10.5 Å². The first-order chi connectivity index (χ1) is 12.7. The van der Waals surface area contributed by atoms with Gasteiger partial charge in [-0.1, -0.05) is 17.8 Å². The second-order valence-electron chi connectivity index (χ2n) is 6.03. The van der Waals surface area contributed by atoms with Crippen LogP contribution in [-0.2, 0) is 4.79 Å². The number of carbonyl (C=O) groups is 2. The molecule has 0 bridgehead atoms. The van der Waals surface area contributed by atoms with Crippen molar-refractivity contribution in [2.45, 2.75) is 23.6 Å². The summed E-state index contributed by atoms with van der Waals surface area (Å²) in [4.78, 5) is 36.8. The zero-order valence-corrected chi connectivity index (χ0v) is 15.3. The van der Waals surface area contributed by atoms with Crippen molar-refractivity contribution < 1.29 is 19.6 Å². The summed E-state index contributed by atoms with van der Waals surface area (Å²) in [6.45, 7) is 2.85. The summed E-state index contributed by atoms with van der Waals surface area (Å²) in [5.74, 6) is -1.21. The Morgan fingerprint density at radius 1 is 1.33 bits per heavy atom. The van der Waals surface area contributed by atoms with E-state index in [-0.39, 0.29) is 11.4 Å². The molecule has 0 spiro atoms. The number of anilines is 3. The number of hydrogen-bond acceptors (Lipinski definition) is 6. The number of aliphatic carboxylic acids is 1. The number of nitrogen functional groups attached to an aromatic ring is 1. The van der Waals surface area contributed by atoms with Crippen LogP contribution in [0, 0.1) is 24.0 Å². The molecule has 1 heterocycles. The maximum Gasteiger partial charge on any atom is 0.327 e. The van der Waals surface area contributed by atoms with Crippen molar-refractivity contribution >= 4 is 46.5 Å². The number of nitrogens with zero attached hydrogens (tertiary/aromatic N) is 2. The first-order valence-corrected chi connectivity index (χ1v) is 8.68. The Morgan fingerprint density at radius 3 is 2.67 bits per heavy atom. The molecule has 2 aromatic rings. The predicted octanol–water partition coefficient (Wildman–Crippen LogP) is 3.19. The number of nitro benzene ring substituents is 1. The molecule has 0 aliphatic carbocycles. The molecule has 140 valence electrons. The van der Waals surface area contributed by atoms with Crippen molar-refractivity contribution in [1.82, 2.24) is 5.32 Å². The largest absolute Gasteiger partial charge is 0.480 e. The Bertz CT molecular complexity index is 992. The Hall–Kier alpha value is -3.27. The van der Waals surface area contributed by atoms with Gasteiger partial charge in [0.25, 0.3) is 5.69 Å². The average molecular weight is 388 g/mol. The van der Waals surface area contributed by atoms with Crippen LogP contribution in [-0.4, -0.2) is 28.6 Å². The molecule has 0 aromatic heterocycles. The number of nitrogens with one attached hydrogen (secondary N) is 1. The van der Waals surface area contributed by atoms with Gasteiger partial charge < -0.3 is 16.2 Å². The molecule has 2 aromatic carbocycles. The number of carbonyl (C=O) groups excluding carboxylic acids is 1. The zero-order valence-electron chi connectivity index (χ0n) is 14.5. The minimum Gasteiger partial charge on any atom is -0.480 e. The molecule has 3 rings (SSSR count). The molecular weight excluding hydrogens is 372 g/mol. The first kappa shape index (κ1) is 18.5. The van der Waals surface area contributed by atoms with Crippen molar-refractivity contribution in [3.05, 3.63) is 45.5 Å². The van der Waals surface area contributed by atoms with Gasteiger partial charge in [-0.2, -0.15) is 0 Å². The predicted molar refractivity (Wildman–Crippen MR) is 101 cm³/mol. The summed E-state index contributed by atoms with van der Waals surface area (Å²) in [7, 11) is 0. The summed E-state index contributed by atoms with van der Waals surface area (Å²) < 4.78 is 0. The Balaban J connectivity index is 2.24. The fourth-order valence-corrected chi connectivity index (χ4v) is 4.29. The number of rotatable bonds is 3. The quantitative estimate of drug-likeness (QED) is 0.417. The van der Waals surface area contributed by atoms with Gasteiger partial charge in [0.05, 0.1) is 22.0 Å². The third-order valence-electron chi connectivity index (χ3n) is 4.01. The molecule has 0 saturated heterocycles. The Morgan fingerprint density at radius 2 is 2.04 bits per heavy atom. The van der Waals surface area contributed by atoms with Crippen molar-refractivity contribution in [1.29, 1.82) is 0 Å². The average Bonchev–Trinajstić information content (AvgIpc) is 2.56. The van der Waals surface area contributed by atoms with Crippen LogP contribution in [0.25, 0.3) is 0 Å². The second kappa shape index (κ2) is 6.80. The van der Waals surface area contributed by atoms with E-state index in [4.69, 9.17) is 10.8 Å². The normalized spacial score (nSPS) is 12.1. The highest BCUT2D eigenvalue weighted by molar-refractivity contribution is 8.00. The Labute approximate surface area is 158 Å². The number of hydrogen-bond donors (Lipinski definition) is 3. The number of fused-ring (bicyclic) bond motifs is 2. The van der Waals surface area contributed by atoms with E-state index in [1.807, 2.05) is 6.92 Å². The van der Waals surface area contributed by atoms with Gasteiger partial charge in [0.15, 0.2) is 0 Å². The van der Waals surface area contributed by atoms with Crippen molar-refractivity contribution in [2.24, 2.45) is 0 Å². The summed E-state index contributed by atoms with van der Waals surface area (Å²) >= 11 is 1.17. The molecule has 1 aliphatic heterocycles. The van der Waals surface area contributed by atoms with E-state index < -0.39 is 23.5 Å². The van der Waals surface area contributed by atoms with E-state index in [0.717, 1.165) is 5.56 Å². The van der Waals surface area contributed by atoms with Gasteiger partial charge in [-0.25, -0.2) is 4.79 Å². The molecule has 0 radical (unpaired) electrons. The van der Waals surface area contributed by atoms with Crippen LogP contribution in [0.1, 0.15) is 11.1 Å². The maximum atomic E-state index is 12.7. The second-order valence-corrected chi connectivity index (χ2v) is 7.08. The van der Waals surface area contributed by atoms with Gasteiger partial charge in [0.2, 0.25) is 0 Å². The monoisotopic (exact) mass is 388 g/mol. The Kier molecular flexibility index (Phi) is 4.66. The van der Waals surface area contributed by atoms with Gasteiger partial charge >= 0.3 is 12.0 Å². The third-order valence-corrected chi connectivity index (χ3v) is 5.15. The highest BCUT2D eigenvalue weighted by atomic mass is 32.2. The third kappa shape index (κ3) is 3.26. The van der Waals surface area contributed by atoms with Crippen LogP contribution in [0.4, 0.5) is 27.5 Å². The summed E-state index contributed by atoms with van der Waals surface area (Å²) in [5.41, 5.74) is 8.30. The topological polar surface area (TPSA) is 139 Å². The van der Waals surface area contributed by atoms with Crippen LogP contribution < -0.4 is 16.0 Å². The van der Waals surface area contributed by atoms with E-state index in [9.17, 15) is 19.7 Å². The standard InChI is InChI=1S/C17H16N4O5S/c1-8-5-10(18)15-12(6-8)27-16-11(4-3-9(2)14(16)21(25)26)20(15)17(24)19-7-13(22)23/h3-6H,7,18H2,1-2H3,(H,19,24)(H,22,23). The fourth-order valence-electron chi connectivity index (χ4n) is 2.92. The van der Waals surface area contributed by atoms with Gasteiger partial charge in [-0.15, -0.1) is 0 Å². The molecule has 4 N–H and O–H groups in total. The first-order valence-electron chi connectivity index (χ1n) is 7.86. The number of amides is 2. The lowest BCUT2D eigenvalue weighted by atomic mass is 10.1. The van der Waals surface area contributed by atoms with Crippen LogP contribution in [0.5, 0.6) is 0 Å². The molecule has 0 atom stereocenters. The highest BCUT2D eigenvalue weighted by Gasteiger charge is 2.35. The van der Waals surface area contributed by atoms with E-state index in [0.29, 0.717) is 26.7 Å².